The van der Waals surface area contributed by atoms with Crippen LogP contribution in [-0.4, -0.2) is 12.5 Å². The van der Waals surface area contributed by atoms with E-state index in [0.29, 0.717) is 19.1 Å². The van der Waals surface area contributed by atoms with Crippen LogP contribution in [0.15, 0.2) is 53.6 Å². The van der Waals surface area contributed by atoms with Crippen LogP contribution in [0.5, 0.6) is 0 Å². The average Bonchev–Trinajstić information content (AvgIpc) is 2.44. The zero-order chi connectivity index (χ0) is 13.9. The summed E-state index contributed by atoms with van der Waals surface area (Å²) in [7, 11) is 0. The molecule has 1 rings (SSSR count). The Hall–Kier alpha value is -1.05. The minimum atomic E-state index is 0.628. The first-order valence-corrected chi connectivity index (χ1v) is 7.24. The van der Waals surface area contributed by atoms with Gasteiger partial charge in [0.15, 0.2) is 0 Å². The zero-order valence-electron chi connectivity index (χ0n) is 11.9. The quantitative estimate of drug-likeness (QED) is 0.364. The second-order valence-electron chi connectivity index (χ2n) is 4.77. The predicted octanol–water partition coefficient (Wildman–Crippen LogP) is 5.11. The summed E-state index contributed by atoms with van der Waals surface area (Å²) in [6, 6.07) is 10.2. The van der Waals surface area contributed by atoms with E-state index in [1.54, 1.807) is 0 Å². The van der Waals surface area contributed by atoms with Crippen molar-refractivity contribution in [2.75, 3.05) is 12.5 Å². The summed E-state index contributed by atoms with van der Waals surface area (Å²) < 4.78 is 5.63. The third-order valence-electron chi connectivity index (χ3n) is 2.90. The fourth-order valence-electron chi connectivity index (χ4n) is 1.66. The van der Waals surface area contributed by atoms with Crippen molar-refractivity contribution < 1.29 is 4.74 Å². The number of ether oxygens (including phenoxy) is 1. The Labute approximate surface area is 121 Å². The number of rotatable bonds is 8. The second kappa shape index (κ2) is 9.82. The van der Waals surface area contributed by atoms with Gasteiger partial charge < -0.3 is 4.74 Å². The average molecular weight is 279 g/mol. The largest absolute Gasteiger partial charge is 0.373 e. The van der Waals surface area contributed by atoms with E-state index in [1.807, 2.05) is 18.2 Å². The maximum absolute atomic E-state index is 5.73. The van der Waals surface area contributed by atoms with E-state index in [4.69, 9.17) is 16.3 Å². The van der Waals surface area contributed by atoms with Gasteiger partial charge in [0.05, 0.1) is 13.2 Å². The van der Waals surface area contributed by atoms with Gasteiger partial charge in [-0.15, -0.1) is 11.6 Å². The van der Waals surface area contributed by atoms with Crippen LogP contribution >= 0.6 is 11.6 Å². The van der Waals surface area contributed by atoms with Gasteiger partial charge in [0.1, 0.15) is 0 Å². The molecule has 0 N–H and O–H groups in total. The molecular formula is C17H23ClO. The lowest BCUT2D eigenvalue weighted by Crippen LogP contribution is -1.93. The molecule has 0 atom stereocenters. The van der Waals surface area contributed by atoms with Gasteiger partial charge in [-0.25, -0.2) is 0 Å². The monoisotopic (exact) mass is 278 g/mol. The van der Waals surface area contributed by atoms with Gasteiger partial charge in [-0.05, 0) is 32.3 Å². The maximum atomic E-state index is 5.73. The summed E-state index contributed by atoms with van der Waals surface area (Å²) >= 11 is 5.73. The molecule has 0 saturated carbocycles. The number of halogens is 1. The van der Waals surface area contributed by atoms with E-state index in [-0.39, 0.29) is 0 Å². The van der Waals surface area contributed by atoms with Crippen LogP contribution in [-0.2, 0) is 11.3 Å². The Bertz CT molecular complexity index is 407. The molecule has 0 radical (unpaired) electrons. The summed E-state index contributed by atoms with van der Waals surface area (Å²) in [6.45, 7) is 5.57. The summed E-state index contributed by atoms with van der Waals surface area (Å²) in [4.78, 5) is 0. The molecule has 1 aromatic carbocycles. The first-order chi connectivity index (χ1) is 9.22. The maximum Gasteiger partial charge on any atom is 0.0721 e. The highest BCUT2D eigenvalue weighted by Gasteiger charge is 1.92. The first-order valence-electron chi connectivity index (χ1n) is 6.71. The number of benzene rings is 1. The fourth-order valence-corrected chi connectivity index (χ4v) is 1.76. The van der Waals surface area contributed by atoms with Crippen molar-refractivity contribution in [3.8, 4) is 0 Å². The molecule has 0 spiro atoms. The van der Waals surface area contributed by atoms with Crippen LogP contribution in [0.25, 0.3) is 0 Å². The third kappa shape index (κ3) is 7.86. The van der Waals surface area contributed by atoms with E-state index in [0.717, 1.165) is 12.8 Å². The summed E-state index contributed by atoms with van der Waals surface area (Å²) in [5.74, 6) is 0.628. The fraction of sp³-hybridized carbons (Fsp3) is 0.412. The highest BCUT2D eigenvalue weighted by molar-refractivity contribution is 6.19. The number of hydrogen-bond acceptors (Lipinski definition) is 1. The molecule has 0 unspecified atom stereocenters. The Morgan fingerprint density at radius 3 is 2.53 bits per heavy atom. The normalized spacial score (nSPS) is 12.8. The SMILES string of the molecule is C/C(=C/CC/C(C)=C\COCc1ccccc1)CCl. The minimum Gasteiger partial charge on any atom is -0.373 e. The van der Waals surface area contributed by atoms with Crippen molar-refractivity contribution in [2.45, 2.75) is 33.3 Å². The molecule has 19 heavy (non-hydrogen) atoms. The topological polar surface area (TPSA) is 9.23 Å². The van der Waals surface area contributed by atoms with Crippen molar-refractivity contribution in [2.24, 2.45) is 0 Å². The molecule has 0 aliphatic carbocycles. The molecule has 0 saturated heterocycles. The van der Waals surface area contributed by atoms with Crippen LogP contribution in [0.3, 0.4) is 0 Å². The zero-order valence-corrected chi connectivity index (χ0v) is 12.6. The van der Waals surface area contributed by atoms with E-state index < -0.39 is 0 Å². The van der Waals surface area contributed by atoms with Crippen molar-refractivity contribution >= 4 is 11.6 Å². The van der Waals surface area contributed by atoms with Crippen LogP contribution in [0, 0.1) is 0 Å². The van der Waals surface area contributed by atoms with Gasteiger partial charge in [-0.3, -0.25) is 0 Å². The Morgan fingerprint density at radius 1 is 1.11 bits per heavy atom. The van der Waals surface area contributed by atoms with Crippen LogP contribution < -0.4 is 0 Å². The van der Waals surface area contributed by atoms with Gasteiger partial charge in [0.2, 0.25) is 0 Å². The highest BCUT2D eigenvalue weighted by atomic mass is 35.5. The standard InChI is InChI=1S/C17H23ClO/c1-15(7-6-8-16(2)13-18)11-12-19-14-17-9-4-3-5-10-17/h3-5,8-11H,6-7,12-14H2,1-2H3/b15-11-,16-8-. The number of alkyl halides is 1. The molecule has 0 aliphatic rings. The van der Waals surface area contributed by atoms with Gasteiger partial charge in [-0.1, -0.05) is 53.6 Å². The molecule has 1 aromatic rings. The summed E-state index contributed by atoms with van der Waals surface area (Å²) in [6.07, 6.45) is 6.49. The van der Waals surface area contributed by atoms with Gasteiger partial charge >= 0.3 is 0 Å². The molecule has 0 aromatic heterocycles. The predicted molar refractivity (Wildman–Crippen MR) is 83.6 cm³/mol. The van der Waals surface area contributed by atoms with E-state index in [9.17, 15) is 0 Å². The van der Waals surface area contributed by atoms with Crippen molar-refractivity contribution in [1.29, 1.82) is 0 Å². The van der Waals surface area contributed by atoms with Crippen LogP contribution in [0.4, 0.5) is 0 Å². The van der Waals surface area contributed by atoms with Gasteiger partial charge in [0.25, 0.3) is 0 Å². The molecule has 104 valence electrons. The molecule has 2 heteroatoms. The molecule has 0 fully saturated rings. The van der Waals surface area contributed by atoms with Crippen LogP contribution in [0.2, 0.25) is 0 Å². The summed E-state index contributed by atoms with van der Waals surface area (Å²) in [5, 5.41) is 0. The smallest absolute Gasteiger partial charge is 0.0721 e. The van der Waals surface area contributed by atoms with E-state index in [1.165, 1.54) is 16.7 Å². The number of hydrogen-bond donors (Lipinski definition) is 0. The van der Waals surface area contributed by atoms with Gasteiger partial charge in [-0.2, -0.15) is 0 Å². The lowest BCUT2D eigenvalue weighted by molar-refractivity contribution is 0.148. The first kappa shape index (κ1) is 16.0. The molecule has 0 aliphatic heterocycles. The molecule has 1 nitrogen and oxygen atoms in total. The molecular weight excluding hydrogens is 256 g/mol. The van der Waals surface area contributed by atoms with Crippen molar-refractivity contribution in [3.63, 3.8) is 0 Å². The van der Waals surface area contributed by atoms with Crippen LogP contribution in [0.1, 0.15) is 32.3 Å². The lowest BCUT2D eigenvalue weighted by Gasteiger charge is -2.03. The Morgan fingerprint density at radius 2 is 1.84 bits per heavy atom. The highest BCUT2D eigenvalue weighted by Crippen LogP contribution is 2.08. The second-order valence-corrected chi connectivity index (χ2v) is 5.04. The van der Waals surface area contributed by atoms with E-state index >= 15 is 0 Å². The van der Waals surface area contributed by atoms with Gasteiger partial charge in [0, 0.05) is 5.88 Å². The third-order valence-corrected chi connectivity index (χ3v) is 3.33. The molecule has 0 bridgehead atoms. The van der Waals surface area contributed by atoms with Crippen molar-refractivity contribution in [1.82, 2.24) is 0 Å². The lowest BCUT2D eigenvalue weighted by atomic mass is 10.1. The molecule has 0 heterocycles. The summed E-state index contributed by atoms with van der Waals surface area (Å²) in [5.41, 5.74) is 3.83. The minimum absolute atomic E-state index is 0.628. The molecule has 0 amide bonds. The Kier molecular flexibility index (Phi) is 8.28. The Balaban J connectivity index is 2.18. The number of allylic oxidation sites excluding steroid dienone is 3. The van der Waals surface area contributed by atoms with Crippen molar-refractivity contribution in [3.05, 3.63) is 59.2 Å². The van der Waals surface area contributed by atoms with E-state index in [2.05, 4.69) is 38.1 Å².